The Morgan fingerprint density at radius 1 is 0.478 bits per heavy atom. The number of amides is 8. The van der Waals surface area contributed by atoms with E-state index in [1.807, 2.05) is 0 Å². The summed E-state index contributed by atoms with van der Waals surface area (Å²) in [5.41, 5.74) is 0. The van der Waals surface area contributed by atoms with E-state index >= 15 is 0 Å². The smallest absolute Gasteiger partial charge is 0.396 e. The second-order valence-corrected chi connectivity index (χ2v) is 28.7. The average molecular weight is 1650 g/mol. The second-order valence-electron chi connectivity index (χ2n) is 28.0. The lowest BCUT2D eigenvalue weighted by Crippen LogP contribution is -2.59. The fourth-order valence-corrected chi connectivity index (χ4v) is 12.4. The van der Waals surface area contributed by atoms with Crippen LogP contribution in [0.4, 0.5) is 0 Å². The van der Waals surface area contributed by atoms with E-state index in [-0.39, 0.29) is 180 Å². The highest BCUT2D eigenvalue weighted by Crippen LogP contribution is 2.27. The number of carbonyl (C=O) groups is 8. The van der Waals surface area contributed by atoms with E-state index in [2.05, 4.69) is 37.2 Å². The first-order valence-electron chi connectivity index (χ1n) is 39.4. The Kier molecular flexibility index (Phi) is 54.6. The number of aliphatic hydroxyl groups excluding tert-OH is 13. The van der Waals surface area contributed by atoms with E-state index in [1.165, 1.54) is 12.0 Å². The lowest BCUT2D eigenvalue weighted by molar-refractivity contribution is -0.301. The van der Waals surface area contributed by atoms with Crippen molar-refractivity contribution in [3.8, 4) is 0 Å². The molecule has 0 aromatic carbocycles. The molecule has 3 aliphatic heterocycles. The predicted octanol–water partition coefficient (Wildman–Crippen LogP) is -5.03. The minimum absolute atomic E-state index is 0.0112. The van der Waals surface area contributed by atoms with Crippen LogP contribution in [0.5, 0.6) is 0 Å². The maximum absolute atomic E-state index is 13.9. The third kappa shape index (κ3) is 43.3. The third-order valence-corrected chi connectivity index (χ3v) is 19.0. The van der Waals surface area contributed by atoms with Gasteiger partial charge in [-0.15, -0.1) is 9.42 Å². The number of methoxy groups -OCH3 is 1. The molecule has 8 amide bonds. The van der Waals surface area contributed by atoms with Crippen LogP contribution in [0.15, 0.2) is 0 Å². The van der Waals surface area contributed by atoms with Crippen molar-refractivity contribution in [1.82, 2.24) is 42.1 Å². The van der Waals surface area contributed by atoms with Gasteiger partial charge in [0, 0.05) is 122 Å². The first-order valence-corrected chi connectivity index (χ1v) is 40.5. The van der Waals surface area contributed by atoms with Crippen LogP contribution in [0.25, 0.3) is 0 Å². The van der Waals surface area contributed by atoms with E-state index in [1.54, 1.807) is 0 Å². The van der Waals surface area contributed by atoms with Crippen LogP contribution in [-0.4, -0.2) is 353 Å². The topological polar surface area (TPSA) is 617 Å². The van der Waals surface area contributed by atoms with Crippen molar-refractivity contribution in [3.63, 3.8) is 0 Å². The Morgan fingerprint density at radius 2 is 0.876 bits per heavy atom. The molecule has 3 heterocycles. The summed E-state index contributed by atoms with van der Waals surface area (Å²) in [7, 11) is -1.60. The van der Waals surface area contributed by atoms with Gasteiger partial charge in [-0.2, -0.15) is 0 Å². The Hall–Kier alpha value is -5.10. The van der Waals surface area contributed by atoms with Crippen LogP contribution in [-0.2, 0) is 90.1 Å². The zero-order chi connectivity index (χ0) is 83.4. The quantitative estimate of drug-likeness (QED) is 0.0154. The number of ether oxygens (including phenoxy) is 9. The molecule has 656 valence electrons. The Labute approximate surface area is 659 Å². The Bertz CT molecular complexity index is 2590. The van der Waals surface area contributed by atoms with Crippen molar-refractivity contribution < 1.29 is 161 Å². The predicted molar refractivity (Wildman–Crippen MR) is 395 cm³/mol. The van der Waals surface area contributed by atoms with Gasteiger partial charge >= 0.3 is 8.25 Å². The SMILES string of the molecule is CO[C@@H](OCCCCC(=O)NCCCNC(=O)CCOCC(NC(=O)CCCCCCCCCCC(=O)N1C[C@H](O)C[C@H]1CO[P+](=O)O)(OCCC(=O)NCCCNC(=O)CCCCO[C@@H]1OC(CO)[C@H](O)C(O)[C@@H]1O)OCCC(=O)NCCCNC(=O)CCCCO[C@@H]1OC(CO)[C@H](O)C(O)[C@@H]1O)[C@@H](O)C(O)[C@@H](O)CCO. The number of carbonyl (C=O) groups excluding carboxylic acids is 8. The molecule has 0 aromatic heterocycles. The molecule has 3 rings (SSSR count). The van der Waals surface area contributed by atoms with Crippen LogP contribution in [0, 0.1) is 0 Å². The van der Waals surface area contributed by atoms with Gasteiger partial charge in [0.2, 0.25) is 47.3 Å². The highest BCUT2D eigenvalue weighted by molar-refractivity contribution is 7.32. The van der Waals surface area contributed by atoms with Crippen LogP contribution in [0.2, 0.25) is 0 Å². The van der Waals surface area contributed by atoms with E-state index in [0.29, 0.717) is 77.0 Å². The molecule has 21 N–H and O–H groups in total. The largest absolute Gasteiger partial charge is 0.694 e. The summed E-state index contributed by atoms with van der Waals surface area (Å²) >= 11 is 0. The molecule has 3 saturated heterocycles. The van der Waals surface area contributed by atoms with Gasteiger partial charge in [0.25, 0.3) is 5.91 Å². The van der Waals surface area contributed by atoms with Gasteiger partial charge in [-0.3, -0.25) is 38.4 Å². The van der Waals surface area contributed by atoms with Crippen molar-refractivity contribution >= 4 is 55.5 Å². The summed E-state index contributed by atoms with van der Waals surface area (Å²) in [6, 6.07) is -0.488. The molecule has 6 unspecified atom stereocenters. The van der Waals surface area contributed by atoms with Crippen LogP contribution < -0.4 is 37.2 Å². The number of hydrogen-bond donors (Lipinski definition) is 21. The lowest BCUT2D eigenvalue weighted by atomic mass is 9.99. The number of rotatable bonds is 66. The first kappa shape index (κ1) is 102. The Balaban J connectivity index is 1.58. The maximum atomic E-state index is 13.9. The van der Waals surface area contributed by atoms with Gasteiger partial charge in [0.05, 0.1) is 64.1 Å². The molecule has 113 heavy (non-hydrogen) atoms. The zero-order valence-corrected chi connectivity index (χ0v) is 65.9. The van der Waals surface area contributed by atoms with Crippen LogP contribution in [0.1, 0.15) is 173 Å². The number of aliphatic hydroxyl groups is 13. The molecule has 17 atom stereocenters. The minimum atomic E-state index is -2.84. The van der Waals surface area contributed by atoms with Crippen molar-refractivity contribution in [1.29, 1.82) is 0 Å². The Morgan fingerprint density at radius 3 is 1.30 bits per heavy atom. The summed E-state index contributed by atoms with van der Waals surface area (Å²) in [6.07, 6.45) is -11.8. The van der Waals surface area contributed by atoms with Crippen LogP contribution >= 0.6 is 8.25 Å². The van der Waals surface area contributed by atoms with Gasteiger partial charge in [-0.1, -0.05) is 38.5 Å². The summed E-state index contributed by atoms with van der Waals surface area (Å²) in [5, 5.41) is 148. The van der Waals surface area contributed by atoms with Crippen molar-refractivity contribution in [2.45, 2.75) is 277 Å². The van der Waals surface area contributed by atoms with E-state index in [4.69, 9.17) is 57.2 Å². The lowest BCUT2D eigenvalue weighted by Gasteiger charge is -2.39. The van der Waals surface area contributed by atoms with Crippen molar-refractivity contribution in [2.24, 2.45) is 0 Å². The second kappa shape index (κ2) is 60.4. The molecule has 0 aliphatic carbocycles. The number of unbranched alkanes of at least 4 members (excludes halogenated alkanes) is 10. The number of likely N-dealkylation sites (tertiary alicyclic amines) is 1. The van der Waals surface area contributed by atoms with Crippen LogP contribution in [0.3, 0.4) is 0 Å². The fourth-order valence-electron chi connectivity index (χ4n) is 12.1. The van der Waals surface area contributed by atoms with Gasteiger partial charge in [-0.05, 0) is 83.5 Å². The molecular formula is C71H130N8O33P+. The van der Waals surface area contributed by atoms with E-state index in [9.17, 15) is 104 Å². The standard InChI is InChI=1S/C71H129N8O33P/c1-103-68(65(98)60(93)49(84)24-34-80)105-35-13-10-19-52(85)72-28-16-31-75-55(88)25-38-104-46-71(78-58(91)22-8-6-4-2-3-5-7-9-23-59(92)79-42-48(83)41-47(79)45-110-113(101)102,108-39-26-56(89)76-32-17-29-73-53(86)20-11-14-36-106-69-66(99)63(96)61(94)50(43-81)111-69)109-40-27-57(90)77-33-18-30-74-54(87)21-12-15-37-107-70-67(100)64(97)62(95)51(44-82)112-70/h47-51,60-70,80-84,93-100H,2-46H2,1H3,(H7-,72,73,74,75,76,77,78,85,86,87,88,89,90,91,101,102)/p+1/t47-,48+,49-,50?,51?,60?,61-,62-,63?,64?,65-,66-,67-,68-,69+,70+,71?/m0/s1. The van der Waals surface area contributed by atoms with Gasteiger partial charge in [0.1, 0.15) is 74.3 Å². The molecule has 0 radical (unpaired) electrons. The zero-order valence-electron chi connectivity index (χ0n) is 65.0. The number of nitrogens with zero attached hydrogens (tertiary/aromatic N) is 1. The van der Waals surface area contributed by atoms with Gasteiger partial charge < -0.3 is 151 Å². The molecule has 3 aliphatic rings. The summed E-state index contributed by atoms with van der Waals surface area (Å²) in [4.78, 5) is 115. The maximum Gasteiger partial charge on any atom is 0.694 e. The minimum Gasteiger partial charge on any atom is -0.396 e. The fraction of sp³-hybridized carbons (Fsp3) is 0.887. The highest BCUT2D eigenvalue weighted by atomic mass is 31.1. The number of β-amino-alcohol motifs (C(OH)–C–C–N with tert-alkyl or cyclic N) is 1. The first-order chi connectivity index (χ1) is 54.2. The molecule has 0 aromatic rings. The van der Waals surface area contributed by atoms with E-state index < -0.39 is 162 Å². The normalized spacial score (nSPS) is 23.5. The highest BCUT2D eigenvalue weighted by Gasteiger charge is 2.46. The third-order valence-electron chi connectivity index (χ3n) is 18.7. The summed E-state index contributed by atoms with van der Waals surface area (Å²) in [5.74, 6) is -5.04. The molecule has 41 nitrogen and oxygen atoms in total. The van der Waals surface area contributed by atoms with Gasteiger partial charge in [0.15, 0.2) is 18.9 Å². The monoisotopic (exact) mass is 1650 g/mol. The molecular weight excluding hydrogens is 1520 g/mol. The molecule has 42 heteroatoms. The molecule has 0 spiro atoms. The molecule has 0 bridgehead atoms. The average Bonchev–Trinajstić information content (AvgIpc) is 1.34. The van der Waals surface area contributed by atoms with Crippen molar-refractivity contribution in [3.05, 3.63) is 0 Å². The molecule has 0 saturated carbocycles. The number of hydrogen-bond acceptors (Lipinski definition) is 32. The summed E-state index contributed by atoms with van der Waals surface area (Å²) in [6.45, 7) is -1.92. The number of nitrogens with one attached hydrogen (secondary N) is 7. The van der Waals surface area contributed by atoms with Gasteiger partial charge in [-0.25, -0.2) is 0 Å². The molecule has 3 fully saturated rings. The van der Waals surface area contributed by atoms with E-state index in [0.717, 1.165) is 32.1 Å². The summed E-state index contributed by atoms with van der Waals surface area (Å²) < 4.78 is 66.4. The van der Waals surface area contributed by atoms with Crippen molar-refractivity contribution in [2.75, 3.05) is 126 Å².